The number of fused-ring (bicyclic) bond motifs is 11. The van der Waals surface area contributed by atoms with Gasteiger partial charge in [0.2, 0.25) is 0 Å². The molecule has 0 unspecified atom stereocenters. The molecule has 0 radical (unpaired) electrons. The normalized spacial score (nSPS) is 13.3. The van der Waals surface area contributed by atoms with Gasteiger partial charge < -0.3 is 4.90 Å². The number of benzene rings is 8. The molecule has 0 bridgehead atoms. The summed E-state index contributed by atoms with van der Waals surface area (Å²) in [6, 6.07) is 61.1. The molecule has 0 atom stereocenters. The number of thiophene rings is 2. The van der Waals surface area contributed by atoms with Crippen molar-refractivity contribution in [2.45, 2.75) is 19.3 Å². The van der Waals surface area contributed by atoms with Crippen molar-refractivity contribution in [3.63, 3.8) is 0 Å². The van der Waals surface area contributed by atoms with Crippen LogP contribution in [0.3, 0.4) is 0 Å². The van der Waals surface area contributed by atoms with E-state index >= 15 is 0 Å². The van der Waals surface area contributed by atoms with E-state index in [1.165, 1.54) is 90.2 Å². The van der Waals surface area contributed by atoms with Crippen LogP contribution in [-0.2, 0) is 5.41 Å². The summed E-state index contributed by atoms with van der Waals surface area (Å²) >= 11 is 3.74. The Labute approximate surface area is 310 Å². The summed E-state index contributed by atoms with van der Waals surface area (Å²) in [6.07, 6.45) is 0. The van der Waals surface area contributed by atoms with E-state index in [9.17, 15) is 0 Å². The molecule has 8 aromatic carbocycles. The Morgan fingerprint density at radius 1 is 0.404 bits per heavy atom. The summed E-state index contributed by atoms with van der Waals surface area (Å²) in [5.41, 5.74) is 11.3. The zero-order valence-electron chi connectivity index (χ0n) is 28.9. The highest BCUT2D eigenvalue weighted by Gasteiger charge is 2.35. The Morgan fingerprint density at radius 3 is 1.88 bits per heavy atom. The van der Waals surface area contributed by atoms with Crippen molar-refractivity contribution >= 4 is 90.9 Å². The smallest absolute Gasteiger partial charge is 0.0468 e. The summed E-state index contributed by atoms with van der Waals surface area (Å²) in [5.74, 6) is 0. The Bertz CT molecular complexity index is 3050. The van der Waals surface area contributed by atoms with Crippen LogP contribution in [0.2, 0.25) is 0 Å². The molecule has 11 rings (SSSR count). The number of hydrogen-bond donors (Lipinski definition) is 0. The lowest BCUT2D eigenvalue weighted by Gasteiger charge is -2.28. The van der Waals surface area contributed by atoms with Crippen LogP contribution >= 0.6 is 22.7 Å². The summed E-state index contributed by atoms with van der Waals surface area (Å²) in [4.78, 5) is 2.44. The molecule has 0 spiro atoms. The van der Waals surface area contributed by atoms with E-state index in [1.54, 1.807) is 0 Å². The van der Waals surface area contributed by atoms with E-state index < -0.39 is 0 Å². The van der Waals surface area contributed by atoms with E-state index in [4.69, 9.17) is 0 Å². The third-order valence-corrected chi connectivity index (χ3v) is 13.5. The molecule has 3 heteroatoms. The van der Waals surface area contributed by atoms with Crippen molar-refractivity contribution in [1.82, 2.24) is 0 Å². The van der Waals surface area contributed by atoms with Crippen LogP contribution in [0, 0.1) is 0 Å². The Kier molecular flexibility index (Phi) is 6.41. The standard InChI is InChI=1S/C49H33NS2/c1-49(2)42-12-6-3-9-37(42)38-24-21-35(29-43(38)49)50(34-22-26-46-41(28-34)39-10-4-7-13-44(39)51-46)33-19-15-30(16-20-33)31-17-23-36-32(27-31)18-25-47-48(36)40-11-5-8-14-45(40)52-47/h3-29H,1-2H3. The molecule has 0 saturated carbocycles. The molecule has 0 saturated heterocycles. The average Bonchev–Trinajstić information content (AvgIpc) is 3.83. The SMILES string of the molecule is CC1(C)c2ccccc2-c2ccc(N(c3ccc(-c4ccc5c(ccc6sc7ccccc7c65)c4)cc3)c3ccc4sc5ccccc5c4c3)cc21. The first-order valence-electron chi connectivity index (χ1n) is 17.9. The fourth-order valence-electron chi connectivity index (χ4n) is 8.67. The molecular weight excluding hydrogens is 667 g/mol. The monoisotopic (exact) mass is 699 g/mol. The van der Waals surface area contributed by atoms with Crippen molar-refractivity contribution in [2.24, 2.45) is 0 Å². The maximum atomic E-state index is 2.44. The van der Waals surface area contributed by atoms with Gasteiger partial charge in [0.05, 0.1) is 0 Å². The second kappa shape index (κ2) is 11.1. The molecule has 52 heavy (non-hydrogen) atoms. The first kappa shape index (κ1) is 29.9. The first-order valence-corrected chi connectivity index (χ1v) is 19.5. The van der Waals surface area contributed by atoms with Crippen molar-refractivity contribution in [1.29, 1.82) is 0 Å². The summed E-state index contributed by atoms with van der Waals surface area (Å²) in [5, 5.41) is 7.92. The van der Waals surface area contributed by atoms with Crippen LogP contribution in [0.1, 0.15) is 25.0 Å². The van der Waals surface area contributed by atoms with Crippen molar-refractivity contribution in [2.75, 3.05) is 4.90 Å². The Balaban J connectivity index is 1.04. The molecule has 2 aromatic heterocycles. The van der Waals surface area contributed by atoms with E-state index in [0.717, 1.165) is 11.4 Å². The average molecular weight is 700 g/mol. The van der Waals surface area contributed by atoms with Crippen molar-refractivity contribution in [3.8, 4) is 22.3 Å². The first-order chi connectivity index (χ1) is 25.5. The highest BCUT2D eigenvalue weighted by molar-refractivity contribution is 7.26. The van der Waals surface area contributed by atoms with E-state index in [-0.39, 0.29) is 5.41 Å². The highest BCUT2D eigenvalue weighted by atomic mass is 32.1. The molecular formula is C49H33NS2. The van der Waals surface area contributed by atoms with Gasteiger partial charge in [-0.3, -0.25) is 0 Å². The summed E-state index contributed by atoms with van der Waals surface area (Å²) < 4.78 is 5.33. The van der Waals surface area contributed by atoms with Crippen LogP contribution < -0.4 is 4.90 Å². The van der Waals surface area contributed by atoms with E-state index in [1.807, 2.05) is 22.7 Å². The molecule has 10 aromatic rings. The third kappa shape index (κ3) is 4.40. The second-order valence-corrected chi connectivity index (χ2v) is 16.7. The molecule has 1 nitrogen and oxygen atoms in total. The van der Waals surface area contributed by atoms with Gasteiger partial charge in [0.15, 0.2) is 0 Å². The predicted octanol–water partition coefficient (Wildman–Crippen LogP) is 15.0. The van der Waals surface area contributed by atoms with Gasteiger partial charge in [0, 0.05) is 62.8 Å². The van der Waals surface area contributed by atoms with Crippen LogP contribution in [0.5, 0.6) is 0 Å². The highest BCUT2D eigenvalue weighted by Crippen LogP contribution is 2.51. The quantitative estimate of drug-likeness (QED) is 0.177. The number of hydrogen-bond acceptors (Lipinski definition) is 3. The molecule has 2 heterocycles. The lowest BCUT2D eigenvalue weighted by Crippen LogP contribution is -2.16. The zero-order valence-corrected chi connectivity index (χ0v) is 30.5. The fourth-order valence-corrected chi connectivity index (χ4v) is 10.9. The van der Waals surface area contributed by atoms with Gasteiger partial charge >= 0.3 is 0 Å². The molecule has 246 valence electrons. The summed E-state index contributed by atoms with van der Waals surface area (Å²) in [7, 11) is 0. The van der Waals surface area contributed by atoms with Crippen LogP contribution in [-0.4, -0.2) is 0 Å². The minimum atomic E-state index is -0.0814. The predicted molar refractivity (Wildman–Crippen MR) is 227 cm³/mol. The minimum Gasteiger partial charge on any atom is -0.310 e. The fraction of sp³-hybridized carbons (Fsp3) is 0.0612. The maximum absolute atomic E-state index is 2.44. The number of nitrogens with zero attached hydrogens (tertiary/aromatic N) is 1. The Hall–Kier alpha value is -5.74. The molecule has 0 N–H and O–H groups in total. The largest absolute Gasteiger partial charge is 0.310 e. The van der Waals surface area contributed by atoms with Gasteiger partial charge in [-0.2, -0.15) is 0 Å². The van der Waals surface area contributed by atoms with Crippen LogP contribution in [0.25, 0.3) is 73.4 Å². The topological polar surface area (TPSA) is 3.24 Å². The van der Waals surface area contributed by atoms with Crippen molar-refractivity contribution < 1.29 is 0 Å². The number of anilines is 3. The van der Waals surface area contributed by atoms with Gasteiger partial charge in [-0.25, -0.2) is 0 Å². The van der Waals surface area contributed by atoms with E-state index in [2.05, 4.69) is 183 Å². The second-order valence-electron chi connectivity index (χ2n) is 14.5. The van der Waals surface area contributed by atoms with Gasteiger partial charge in [0.1, 0.15) is 0 Å². The number of rotatable bonds is 4. The zero-order chi connectivity index (χ0) is 34.6. The molecule has 1 aliphatic carbocycles. The molecule has 0 fully saturated rings. The van der Waals surface area contributed by atoms with Gasteiger partial charge in [-0.05, 0) is 111 Å². The lowest BCUT2D eigenvalue weighted by atomic mass is 9.82. The maximum Gasteiger partial charge on any atom is 0.0468 e. The third-order valence-electron chi connectivity index (χ3n) is 11.3. The lowest BCUT2D eigenvalue weighted by molar-refractivity contribution is 0.660. The molecule has 1 aliphatic rings. The van der Waals surface area contributed by atoms with Gasteiger partial charge in [0.25, 0.3) is 0 Å². The van der Waals surface area contributed by atoms with Gasteiger partial charge in [-0.15, -0.1) is 22.7 Å². The summed E-state index contributed by atoms with van der Waals surface area (Å²) in [6.45, 7) is 4.72. The minimum absolute atomic E-state index is 0.0814. The van der Waals surface area contributed by atoms with Crippen LogP contribution in [0.15, 0.2) is 164 Å². The molecule has 0 amide bonds. The van der Waals surface area contributed by atoms with Gasteiger partial charge in [-0.1, -0.05) is 111 Å². The van der Waals surface area contributed by atoms with Crippen LogP contribution in [0.4, 0.5) is 17.1 Å². The Morgan fingerprint density at radius 2 is 1.02 bits per heavy atom. The molecule has 0 aliphatic heterocycles. The van der Waals surface area contributed by atoms with Crippen molar-refractivity contribution in [3.05, 3.63) is 175 Å². The van der Waals surface area contributed by atoms with E-state index in [0.29, 0.717) is 0 Å².